The summed E-state index contributed by atoms with van der Waals surface area (Å²) in [6.07, 6.45) is -3.39. The topological polar surface area (TPSA) is 73.7 Å². The minimum absolute atomic E-state index is 0.0321. The van der Waals surface area contributed by atoms with Crippen molar-refractivity contribution in [2.75, 3.05) is 11.4 Å². The van der Waals surface area contributed by atoms with Crippen LogP contribution in [0.15, 0.2) is 36.5 Å². The van der Waals surface area contributed by atoms with Crippen molar-refractivity contribution >= 4 is 29.2 Å². The molecule has 4 rings (SSSR count). The summed E-state index contributed by atoms with van der Waals surface area (Å²) in [6, 6.07) is 4.30. The first-order valence-electron chi connectivity index (χ1n) is 9.80. The van der Waals surface area contributed by atoms with Gasteiger partial charge < -0.3 is 10.0 Å². The van der Waals surface area contributed by atoms with Gasteiger partial charge >= 0.3 is 6.18 Å². The van der Waals surface area contributed by atoms with Gasteiger partial charge in [0.1, 0.15) is 12.6 Å². The van der Waals surface area contributed by atoms with Crippen LogP contribution in [-0.4, -0.2) is 45.5 Å². The molecule has 1 saturated carbocycles. The third-order valence-electron chi connectivity index (χ3n) is 5.74. The number of pyridine rings is 1. The average Bonchev–Trinajstić information content (AvgIpc) is 2.69. The number of carbonyl (C=O) groups excluding carboxylic acids is 2. The van der Waals surface area contributed by atoms with Crippen molar-refractivity contribution in [3.8, 4) is 0 Å². The SMILES string of the molecule is O=C1[C@H](C2CC(O)C2)N(Cc2ccc(C(F)(F)F)cc2)C(=O)CN1c1ncc(Cl)cc1F. The second-order valence-electron chi connectivity index (χ2n) is 7.93. The molecule has 1 aliphatic heterocycles. The molecule has 2 fully saturated rings. The van der Waals surface area contributed by atoms with Gasteiger partial charge in [-0.2, -0.15) is 13.2 Å². The summed E-state index contributed by atoms with van der Waals surface area (Å²) in [4.78, 5) is 32.4. The van der Waals surface area contributed by atoms with Crippen LogP contribution < -0.4 is 4.90 Å². The lowest BCUT2D eigenvalue weighted by Gasteiger charge is -2.47. The monoisotopic (exact) mass is 471 g/mol. The molecule has 1 N–H and O–H groups in total. The number of alkyl halides is 3. The van der Waals surface area contributed by atoms with Crippen molar-refractivity contribution in [3.63, 3.8) is 0 Å². The molecule has 1 aromatic heterocycles. The van der Waals surface area contributed by atoms with Gasteiger partial charge in [-0.1, -0.05) is 23.7 Å². The number of anilines is 1. The van der Waals surface area contributed by atoms with Crippen LogP contribution in [0.1, 0.15) is 24.0 Å². The Balaban J connectivity index is 1.62. The molecule has 1 aliphatic carbocycles. The number of aromatic nitrogens is 1. The quantitative estimate of drug-likeness (QED) is 0.694. The van der Waals surface area contributed by atoms with E-state index in [1.165, 1.54) is 17.0 Å². The first-order chi connectivity index (χ1) is 15.0. The highest BCUT2D eigenvalue weighted by atomic mass is 35.5. The smallest absolute Gasteiger partial charge is 0.393 e. The molecule has 0 spiro atoms. The lowest BCUT2D eigenvalue weighted by molar-refractivity contribution is -0.149. The van der Waals surface area contributed by atoms with E-state index in [1.807, 2.05) is 0 Å². The average molecular weight is 472 g/mol. The van der Waals surface area contributed by atoms with E-state index < -0.39 is 48.1 Å². The maximum Gasteiger partial charge on any atom is 0.416 e. The Morgan fingerprint density at radius 2 is 1.81 bits per heavy atom. The van der Waals surface area contributed by atoms with Gasteiger partial charge in [0.15, 0.2) is 11.6 Å². The predicted octanol–water partition coefficient (Wildman–Crippen LogP) is 3.41. The maximum absolute atomic E-state index is 14.4. The molecule has 0 unspecified atom stereocenters. The Bertz CT molecular complexity index is 1040. The Morgan fingerprint density at radius 1 is 1.16 bits per heavy atom. The largest absolute Gasteiger partial charge is 0.416 e. The zero-order valence-electron chi connectivity index (χ0n) is 16.5. The Hall–Kier alpha value is -2.72. The molecule has 2 heterocycles. The van der Waals surface area contributed by atoms with E-state index in [2.05, 4.69) is 4.98 Å². The molecule has 0 bridgehead atoms. The third kappa shape index (κ3) is 4.29. The van der Waals surface area contributed by atoms with Gasteiger partial charge in [-0.25, -0.2) is 9.37 Å². The fourth-order valence-corrected chi connectivity index (χ4v) is 4.21. The van der Waals surface area contributed by atoms with Gasteiger partial charge in [0.05, 0.1) is 16.7 Å². The summed E-state index contributed by atoms with van der Waals surface area (Å²) in [5, 5.41) is 9.75. The number of rotatable bonds is 4. The van der Waals surface area contributed by atoms with E-state index in [9.17, 15) is 32.3 Å². The van der Waals surface area contributed by atoms with Gasteiger partial charge in [0.25, 0.3) is 5.91 Å². The zero-order chi connectivity index (χ0) is 23.2. The molecule has 0 radical (unpaired) electrons. The summed E-state index contributed by atoms with van der Waals surface area (Å²) in [5.41, 5.74) is -0.412. The van der Waals surface area contributed by atoms with Crippen LogP contribution in [0.2, 0.25) is 5.02 Å². The number of hydrogen-bond acceptors (Lipinski definition) is 4. The lowest BCUT2D eigenvalue weighted by Crippen LogP contribution is -2.64. The first-order valence-corrected chi connectivity index (χ1v) is 10.2. The molecule has 11 heteroatoms. The Morgan fingerprint density at radius 3 is 2.38 bits per heavy atom. The van der Waals surface area contributed by atoms with E-state index in [1.54, 1.807) is 0 Å². The van der Waals surface area contributed by atoms with Crippen molar-refractivity contribution in [1.82, 2.24) is 9.88 Å². The van der Waals surface area contributed by atoms with Crippen LogP contribution in [0.3, 0.4) is 0 Å². The van der Waals surface area contributed by atoms with Crippen LogP contribution in [0.25, 0.3) is 0 Å². The fourth-order valence-electron chi connectivity index (χ4n) is 4.06. The summed E-state index contributed by atoms with van der Waals surface area (Å²) in [5.74, 6) is -2.63. The van der Waals surface area contributed by atoms with E-state index >= 15 is 0 Å². The van der Waals surface area contributed by atoms with Crippen molar-refractivity contribution in [2.45, 2.75) is 37.7 Å². The first kappa shape index (κ1) is 22.5. The summed E-state index contributed by atoms with van der Waals surface area (Å²) in [7, 11) is 0. The minimum Gasteiger partial charge on any atom is -0.393 e. The number of nitrogens with zero attached hydrogens (tertiary/aromatic N) is 3. The van der Waals surface area contributed by atoms with Gasteiger partial charge in [0.2, 0.25) is 5.91 Å². The molecular formula is C21H18ClF4N3O3. The van der Waals surface area contributed by atoms with Gasteiger partial charge in [-0.05, 0) is 42.5 Å². The molecule has 1 saturated heterocycles. The standard InChI is InChI=1S/C21H18ClF4N3O3/c22-14-7-16(23)19(27-8-14)29-10-17(31)28(18(20(29)32)12-5-15(30)6-12)9-11-1-3-13(4-2-11)21(24,25)26/h1-4,7-8,12,15,18,30H,5-6,9-10H2/t12?,15?,18-/m0/s1. The summed E-state index contributed by atoms with van der Waals surface area (Å²) >= 11 is 5.72. The van der Waals surface area contributed by atoms with Crippen molar-refractivity contribution < 1.29 is 32.3 Å². The van der Waals surface area contributed by atoms with E-state index in [0.29, 0.717) is 5.56 Å². The van der Waals surface area contributed by atoms with E-state index in [-0.39, 0.29) is 36.1 Å². The molecular weight excluding hydrogens is 454 g/mol. The van der Waals surface area contributed by atoms with E-state index in [4.69, 9.17) is 11.6 Å². The molecule has 32 heavy (non-hydrogen) atoms. The van der Waals surface area contributed by atoms with Crippen LogP contribution >= 0.6 is 11.6 Å². The number of amides is 2. The molecule has 6 nitrogen and oxygen atoms in total. The number of benzene rings is 1. The van der Waals surface area contributed by atoms with Crippen LogP contribution in [-0.2, 0) is 22.3 Å². The molecule has 1 aromatic carbocycles. The van der Waals surface area contributed by atoms with Gasteiger partial charge in [-0.15, -0.1) is 0 Å². The third-order valence-corrected chi connectivity index (χ3v) is 5.95. The number of halogens is 5. The van der Waals surface area contributed by atoms with Crippen LogP contribution in [0.4, 0.5) is 23.4 Å². The van der Waals surface area contributed by atoms with Gasteiger partial charge in [0, 0.05) is 12.7 Å². The number of hydrogen-bond donors (Lipinski definition) is 1. The minimum atomic E-state index is -4.49. The highest BCUT2D eigenvalue weighted by molar-refractivity contribution is 6.30. The van der Waals surface area contributed by atoms with Crippen LogP contribution in [0, 0.1) is 11.7 Å². The lowest BCUT2D eigenvalue weighted by atomic mass is 9.75. The zero-order valence-corrected chi connectivity index (χ0v) is 17.3. The second-order valence-corrected chi connectivity index (χ2v) is 8.37. The normalized spacial score (nSPS) is 24.0. The molecule has 1 atom stereocenters. The molecule has 170 valence electrons. The summed E-state index contributed by atoms with van der Waals surface area (Å²) < 4.78 is 52.9. The number of aliphatic hydroxyl groups excluding tert-OH is 1. The molecule has 2 aliphatic rings. The van der Waals surface area contributed by atoms with E-state index in [0.717, 1.165) is 29.3 Å². The number of aliphatic hydroxyl groups is 1. The van der Waals surface area contributed by atoms with Crippen LogP contribution in [0.5, 0.6) is 0 Å². The highest BCUT2D eigenvalue weighted by Gasteiger charge is 2.48. The number of piperazine rings is 1. The predicted molar refractivity (Wildman–Crippen MR) is 106 cm³/mol. The van der Waals surface area contributed by atoms with Crippen molar-refractivity contribution in [3.05, 3.63) is 58.5 Å². The Kier molecular flexibility index (Phi) is 5.85. The second kappa shape index (κ2) is 8.32. The molecule has 2 amide bonds. The molecule has 2 aromatic rings. The van der Waals surface area contributed by atoms with Gasteiger partial charge in [-0.3, -0.25) is 14.5 Å². The maximum atomic E-state index is 14.4. The van der Waals surface area contributed by atoms with Crippen molar-refractivity contribution in [2.24, 2.45) is 5.92 Å². The highest BCUT2D eigenvalue weighted by Crippen LogP contribution is 2.37. The summed E-state index contributed by atoms with van der Waals surface area (Å²) in [6.45, 7) is -0.568. The number of carbonyl (C=O) groups is 2. The van der Waals surface area contributed by atoms with Crippen molar-refractivity contribution in [1.29, 1.82) is 0 Å². The Labute approximate surface area is 185 Å². The fraction of sp³-hybridized carbons (Fsp3) is 0.381.